The average Bonchev–Trinajstić information content (AvgIpc) is 2.77. The van der Waals surface area contributed by atoms with Crippen LogP contribution in [-0.2, 0) is 4.65 Å². The van der Waals surface area contributed by atoms with Crippen molar-refractivity contribution in [2.24, 2.45) is 47.3 Å². The minimum Gasteiger partial charge on any atom is -0.557 e. The molecule has 1 nitrogen and oxygen atoms in total. The van der Waals surface area contributed by atoms with Crippen LogP contribution in [0, 0.1) is 47.3 Å². The predicted octanol–water partition coefficient (Wildman–Crippen LogP) is 10.6. The zero-order valence-electron chi connectivity index (χ0n) is 24.5. The molecule has 2 saturated carbocycles. The third-order valence-electron chi connectivity index (χ3n) is 10.0. The molecule has 0 saturated heterocycles. The first-order valence-electron chi connectivity index (χ1n) is 15.1. The van der Waals surface area contributed by atoms with Gasteiger partial charge in [-0.25, -0.2) is 0 Å². The molecule has 0 aliphatic heterocycles. The van der Waals surface area contributed by atoms with Crippen LogP contribution in [0.4, 0.5) is 0 Å². The highest BCUT2D eigenvalue weighted by Crippen LogP contribution is 2.46. The summed E-state index contributed by atoms with van der Waals surface area (Å²) in [6.07, 6.45) is 14.4. The molecule has 2 aliphatic carbocycles. The van der Waals surface area contributed by atoms with Crippen LogP contribution in [0.3, 0.4) is 0 Å². The van der Waals surface area contributed by atoms with Gasteiger partial charge >= 0.3 is 6.92 Å². The standard InChI is InChI=1S/C31H59BOS/c1-11-31(12-2,13-3)34-26(10)33-32(20-27-18-24(8)14-16-29(27)22(4)5)21-28-19-25(9)15-17-30(28)23(6)7/h22-25,27-30H,10-21H2,1-9H3/t24-,25-,27-,28-,29+,30+/m1/s1. The molecule has 0 aromatic heterocycles. The molecular weight excluding hydrogens is 431 g/mol. The van der Waals surface area contributed by atoms with E-state index in [2.05, 4.69) is 68.9 Å². The molecule has 3 heteroatoms. The predicted molar refractivity (Wildman–Crippen MR) is 156 cm³/mol. The maximum Gasteiger partial charge on any atom is 0.358 e. The second-order valence-corrected chi connectivity index (χ2v) is 14.6. The van der Waals surface area contributed by atoms with Crippen molar-refractivity contribution in [2.75, 3.05) is 0 Å². The van der Waals surface area contributed by atoms with Gasteiger partial charge in [-0.2, -0.15) is 0 Å². The second-order valence-electron chi connectivity index (χ2n) is 13.1. The van der Waals surface area contributed by atoms with Gasteiger partial charge in [0.25, 0.3) is 0 Å². The summed E-state index contributed by atoms with van der Waals surface area (Å²) in [7, 11) is 0. The van der Waals surface area contributed by atoms with Crippen molar-refractivity contribution in [1.82, 2.24) is 0 Å². The van der Waals surface area contributed by atoms with Gasteiger partial charge in [0.15, 0.2) is 0 Å². The minimum atomic E-state index is 0.279. The summed E-state index contributed by atoms with van der Waals surface area (Å²) < 4.78 is 7.19. The minimum absolute atomic E-state index is 0.279. The molecule has 0 radical (unpaired) electrons. The molecule has 34 heavy (non-hydrogen) atoms. The molecule has 2 aliphatic rings. The van der Waals surface area contributed by atoms with Gasteiger partial charge in [0.2, 0.25) is 0 Å². The molecule has 0 N–H and O–H groups in total. The van der Waals surface area contributed by atoms with Gasteiger partial charge in [-0.1, -0.05) is 93.5 Å². The van der Waals surface area contributed by atoms with E-state index >= 15 is 0 Å². The van der Waals surface area contributed by atoms with Gasteiger partial charge in [0, 0.05) is 4.75 Å². The Bertz CT molecular complexity index is 556. The Balaban J connectivity index is 2.22. The first-order chi connectivity index (χ1) is 16.0. The van der Waals surface area contributed by atoms with Crippen molar-refractivity contribution in [3.05, 3.63) is 11.7 Å². The van der Waals surface area contributed by atoms with Crippen LogP contribution in [0.2, 0.25) is 12.6 Å². The summed E-state index contributed by atoms with van der Waals surface area (Å²) >= 11 is 1.94. The van der Waals surface area contributed by atoms with Gasteiger partial charge in [0.05, 0.1) is 0 Å². The Labute approximate surface area is 219 Å². The summed E-state index contributed by atoms with van der Waals surface area (Å²) in [5.41, 5.74) is 0. The Morgan fingerprint density at radius 3 is 1.59 bits per heavy atom. The summed E-state index contributed by atoms with van der Waals surface area (Å²) in [5, 5.41) is 0.991. The van der Waals surface area contributed by atoms with E-state index in [-0.39, 0.29) is 4.75 Å². The summed E-state index contributed by atoms with van der Waals surface area (Å²) in [5.74, 6) is 6.61. The van der Waals surface area contributed by atoms with E-state index in [1.54, 1.807) is 0 Å². The van der Waals surface area contributed by atoms with Gasteiger partial charge in [-0.3, -0.25) is 0 Å². The fraction of sp³-hybridized carbons (Fsp3) is 0.935. The van der Waals surface area contributed by atoms with Gasteiger partial charge in [-0.05, 0) is 105 Å². The van der Waals surface area contributed by atoms with E-state index in [9.17, 15) is 0 Å². The molecule has 0 aromatic carbocycles. The Morgan fingerprint density at radius 2 is 1.24 bits per heavy atom. The molecule has 0 unspecified atom stereocenters. The van der Waals surface area contributed by atoms with E-state index in [0.717, 1.165) is 52.4 Å². The van der Waals surface area contributed by atoms with Crippen molar-refractivity contribution in [3.8, 4) is 0 Å². The zero-order valence-corrected chi connectivity index (χ0v) is 25.3. The van der Waals surface area contributed by atoms with Crippen LogP contribution in [0.5, 0.6) is 0 Å². The first kappa shape index (κ1) is 30.2. The van der Waals surface area contributed by atoms with Gasteiger partial charge in [-0.15, -0.1) is 0 Å². The summed E-state index contributed by atoms with van der Waals surface area (Å²) in [6, 6.07) is 0. The van der Waals surface area contributed by atoms with E-state index in [4.69, 9.17) is 4.65 Å². The molecule has 0 heterocycles. The topological polar surface area (TPSA) is 9.23 Å². The van der Waals surface area contributed by atoms with Gasteiger partial charge in [0.1, 0.15) is 5.09 Å². The SMILES string of the molecule is C=C(OB(C[C@H]1C[C@H](C)CC[C@H]1C(C)C)C[C@H]1C[C@H](C)CC[C@H]1C(C)C)SC(CC)(CC)CC. The lowest BCUT2D eigenvalue weighted by molar-refractivity contribution is 0.146. The van der Waals surface area contributed by atoms with Crippen LogP contribution >= 0.6 is 11.8 Å². The van der Waals surface area contributed by atoms with E-state index in [1.165, 1.54) is 70.4 Å². The fourth-order valence-corrected chi connectivity index (χ4v) is 8.73. The maximum absolute atomic E-state index is 6.91. The quantitative estimate of drug-likeness (QED) is 0.187. The highest BCUT2D eigenvalue weighted by molar-refractivity contribution is 8.04. The first-order valence-corrected chi connectivity index (χ1v) is 15.9. The normalized spacial score (nSPS) is 30.6. The van der Waals surface area contributed by atoms with E-state index in [0.29, 0.717) is 6.92 Å². The van der Waals surface area contributed by atoms with Crippen LogP contribution < -0.4 is 0 Å². The molecule has 0 bridgehead atoms. The third kappa shape index (κ3) is 8.52. The largest absolute Gasteiger partial charge is 0.557 e. The molecule has 2 fully saturated rings. The summed E-state index contributed by atoms with van der Waals surface area (Å²) in [4.78, 5) is 0. The van der Waals surface area contributed by atoms with Crippen LogP contribution in [0.25, 0.3) is 0 Å². The Morgan fingerprint density at radius 1 is 0.824 bits per heavy atom. The molecule has 0 spiro atoms. The highest BCUT2D eigenvalue weighted by atomic mass is 32.2. The van der Waals surface area contributed by atoms with E-state index in [1.807, 2.05) is 11.8 Å². The van der Waals surface area contributed by atoms with Gasteiger partial charge < -0.3 is 4.65 Å². The molecular formula is C31H59BOS. The van der Waals surface area contributed by atoms with Crippen LogP contribution in [-0.4, -0.2) is 11.7 Å². The lowest BCUT2D eigenvalue weighted by atomic mass is 9.49. The number of hydrogen-bond donors (Lipinski definition) is 0. The molecule has 2 rings (SSSR count). The molecule has 6 atom stereocenters. The Hall–Kier alpha value is -0.0451. The Kier molecular flexibility index (Phi) is 12.5. The monoisotopic (exact) mass is 490 g/mol. The smallest absolute Gasteiger partial charge is 0.358 e. The summed E-state index contributed by atoms with van der Waals surface area (Å²) in [6.45, 7) is 26.6. The zero-order chi connectivity index (χ0) is 25.5. The maximum atomic E-state index is 6.91. The number of thioether (sulfide) groups is 1. The van der Waals surface area contributed by atoms with Crippen molar-refractivity contribution in [1.29, 1.82) is 0 Å². The van der Waals surface area contributed by atoms with Crippen molar-refractivity contribution < 1.29 is 4.65 Å². The van der Waals surface area contributed by atoms with Crippen molar-refractivity contribution in [3.63, 3.8) is 0 Å². The average molecular weight is 491 g/mol. The van der Waals surface area contributed by atoms with Crippen LogP contribution in [0.1, 0.15) is 120 Å². The molecule has 198 valence electrons. The number of rotatable bonds is 13. The lowest BCUT2D eigenvalue weighted by Gasteiger charge is -2.41. The molecule has 0 amide bonds. The van der Waals surface area contributed by atoms with Crippen molar-refractivity contribution >= 4 is 18.7 Å². The second kappa shape index (κ2) is 14.0. The number of hydrogen-bond acceptors (Lipinski definition) is 2. The third-order valence-corrected chi connectivity index (χ3v) is 11.6. The molecule has 0 aromatic rings. The van der Waals surface area contributed by atoms with Crippen molar-refractivity contribution in [2.45, 2.75) is 137 Å². The highest BCUT2D eigenvalue weighted by Gasteiger charge is 2.39. The van der Waals surface area contributed by atoms with E-state index < -0.39 is 0 Å². The van der Waals surface area contributed by atoms with Crippen LogP contribution in [0.15, 0.2) is 11.7 Å². The fourth-order valence-electron chi connectivity index (χ4n) is 7.63. The lowest BCUT2D eigenvalue weighted by Crippen LogP contribution is -2.36.